The molecule has 2 heterocycles. The van der Waals surface area contributed by atoms with Crippen LogP contribution >= 0.6 is 46.4 Å². The number of piperazine rings is 2. The molecule has 0 spiro atoms. The van der Waals surface area contributed by atoms with Crippen LogP contribution in [0.25, 0.3) is 0 Å². The molecule has 0 aromatic carbocycles. The van der Waals surface area contributed by atoms with Crippen LogP contribution in [0.15, 0.2) is 0 Å². The molecule has 0 bridgehead atoms. The number of quaternary nitrogens is 2. The Kier molecular flexibility index (Phi) is 22.5. The van der Waals surface area contributed by atoms with Gasteiger partial charge < -0.3 is 64.8 Å². The normalized spacial score (nSPS) is 22.6. The second-order valence-electron chi connectivity index (χ2n) is 9.04. The largest absolute Gasteiger partial charge is 1.00 e. The Balaban J connectivity index is 0. The van der Waals surface area contributed by atoms with Crippen LogP contribution in [0.1, 0.15) is 0 Å². The summed E-state index contributed by atoms with van der Waals surface area (Å²) in [5.41, 5.74) is 0. The second-order valence-corrected chi connectivity index (χ2v) is 10.3. The summed E-state index contributed by atoms with van der Waals surface area (Å²) in [5.74, 6) is 0.962. The lowest BCUT2D eigenvalue weighted by molar-refractivity contribution is -0.934. The molecule has 2 aliphatic heterocycles. The molecule has 14 heteroatoms. The van der Waals surface area contributed by atoms with Crippen LogP contribution in [0, 0.1) is 0 Å². The Morgan fingerprint density at radius 1 is 0.500 bits per heavy atom. The van der Waals surface area contributed by atoms with Crippen LogP contribution in [0.4, 0.5) is 0 Å². The summed E-state index contributed by atoms with van der Waals surface area (Å²) in [6, 6.07) is 0. The Morgan fingerprint density at radius 2 is 0.706 bits per heavy atom. The highest BCUT2D eigenvalue weighted by atomic mass is 35.5. The van der Waals surface area contributed by atoms with Gasteiger partial charge >= 0.3 is 0 Å². The zero-order chi connectivity index (χ0) is 24.0. The molecule has 0 aliphatic carbocycles. The van der Waals surface area contributed by atoms with Gasteiger partial charge in [-0.1, -0.05) is 0 Å². The molecule has 6 N–H and O–H groups in total. The fourth-order valence-corrected chi connectivity index (χ4v) is 4.99. The van der Waals surface area contributed by atoms with Crippen molar-refractivity contribution >= 4 is 46.4 Å². The van der Waals surface area contributed by atoms with Gasteiger partial charge in [-0.05, 0) is 0 Å². The number of hydrogen-bond donors (Lipinski definition) is 6. The molecule has 34 heavy (non-hydrogen) atoms. The quantitative estimate of drug-likeness (QED) is 0.0965. The van der Waals surface area contributed by atoms with E-state index in [1.807, 2.05) is 0 Å². The zero-order valence-corrected chi connectivity index (χ0v) is 24.1. The van der Waals surface area contributed by atoms with Crippen LogP contribution in [0.3, 0.4) is 0 Å². The van der Waals surface area contributed by atoms with Crippen LogP contribution < -0.4 is 35.4 Å². The minimum Gasteiger partial charge on any atom is -1.00 e. The molecule has 8 nitrogen and oxygen atoms in total. The Bertz CT molecular complexity index is 422. The maximum Gasteiger partial charge on any atom is 0.116 e. The summed E-state index contributed by atoms with van der Waals surface area (Å²) >= 11 is 22.6. The van der Waals surface area contributed by atoms with Crippen molar-refractivity contribution in [1.82, 2.24) is 10.6 Å². The Morgan fingerprint density at radius 3 is 0.882 bits per heavy atom. The van der Waals surface area contributed by atoms with Crippen molar-refractivity contribution in [2.75, 3.05) is 102 Å². The fraction of sp³-hybridized carbons (Fsp3) is 1.00. The number of nitrogens with one attached hydrogen (secondary N) is 2. The van der Waals surface area contributed by atoms with Crippen molar-refractivity contribution in [1.29, 1.82) is 0 Å². The number of nitrogens with zero attached hydrogens (tertiary/aromatic N) is 2. The molecule has 2 rings (SSSR count). The van der Waals surface area contributed by atoms with Gasteiger partial charge in [0.15, 0.2) is 0 Å². The molecule has 0 aromatic heterocycles. The average molecular weight is 615 g/mol. The lowest BCUT2D eigenvalue weighted by Gasteiger charge is -2.43. The third-order valence-electron chi connectivity index (χ3n) is 6.16. The molecule has 208 valence electrons. The number of halogens is 6. The number of rotatable bonds is 12. The zero-order valence-electron chi connectivity index (χ0n) is 19.6. The molecule has 2 aliphatic rings. The van der Waals surface area contributed by atoms with Crippen LogP contribution in [-0.4, -0.2) is 156 Å². The van der Waals surface area contributed by atoms with E-state index in [4.69, 9.17) is 46.4 Å². The molecule has 4 unspecified atom stereocenters. The molecule has 0 saturated carbocycles. The van der Waals surface area contributed by atoms with Crippen molar-refractivity contribution in [3.05, 3.63) is 0 Å². The summed E-state index contributed by atoms with van der Waals surface area (Å²) in [6.45, 7) is 9.63. The minimum absolute atomic E-state index is 0. The number of aliphatic hydroxyl groups is 4. The Labute approximate surface area is 236 Å². The lowest BCUT2D eigenvalue weighted by atomic mass is 10.2. The standard InChI is InChI=1S/2C10H21Cl2N2O2.2ClH/c2*11-5-9(15)7-14(8-10(16)6-12)3-1-13-2-4-14;;/h2*9-10,13,15-16H,1-8H2;2*1H/q2*+1;;/p-2. The van der Waals surface area contributed by atoms with Crippen molar-refractivity contribution in [2.24, 2.45) is 0 Å². The molecule has 0 radical (unpaired) electrons. The van der Waals surface area contributed by atoms with Gasteiger partial charge in [-0.3, -0.25) is 0 Å². The van der Waals surface area contributed by atoms with Crippen LogP contribution in [0.2, 0.25) is 0 Å². The van der Waals surface area contributed by atoms with E-state index in [1.54, 1.807) is 0 Å². The topological polar surface area (TPSA) is 105 Å². The van der Waals surface area contributed by atoms with Gasteiger partial charge in [0, 0.05) is 26.2 Å². The molecular formula is C20H42Cl6N4O4. The summed E-state index contributed by atoms with van der Waals surface area (Å²) in [6.07, 6.45) is -2.05. The van der Waals surface area contributed by atoms with E-state index < -0.39 is 24.4 Å². The van der Waals surface area contributed by atoms with Gasteiger partial charge in [-0.25, -0.2) is 0 Å². The van der Waals surface area contributed by atoms with Crippen LogP contribution in [-0.2, 0) is 0 Å². The van der Waals surface area contributed by atoms with Crippen molar-refractivity contribution in [3.8, 4) is 0 Å². The minimum atomic E-state index is -0.512. The summed E-state index contributed by atoms with van der Waals surface area (Å²) < 4.78 is 1.41. The first-order valence-electron chi connectivity index (χ1n) is 11.3. The second kappa shape index (κ2) is 20.4. The van der Waals surface area contributed by atoms with Gasteiger partial charge in [0.2, 0.25) is 0 Å². The fourth-order valence-electron chi connectivity index (χ4n) is 4.60. The lowest BCUT2D eigenvalue weighted by Crippen LogP contribution is -3.00. The van der Waals surface area contributed by atoms with E-state index in [0.717, 1.165) is 52.4 Å². The highest BCUT2D eigenvalue weighted by molar-refractivity contribution is 6.18. The predicted octanol–water partition coefficient (Wildman–Crippen LogP) is -6.78. The highest BCUT2D eigenvalue weighted by Crippen LogP contribution is 2.14. The van der Waals surface area contributed by atoms with Gasteiger partial charge in [0.25, 0.3) is 0 Å². The van der Waals surface area contributed by atoms with Gasteiger partial charge in [-0.2, -0.15) is 0 Å². The van der Waals surface area contributed by atoms with E-state index in [2.05, 4.69) is 10.6 Å². The van der Waals surface area contributed by atoms with Crippen molar-refractivity contribution < 1.29 is 54.2 Å². The summed E-state index contributed by atoms with van der Waals surface area (Å²) in [7, 11) is 0. The maximum atomic E-state index is 9.68. The molecular weight excluding hydrogens is 573 g/mol. The molecule has 0 amide bonds. The first kappa shape index (κ1) is 37.6. The number of aliphatic hydroxyl groups excluding tert-OH is 4. The molecule has 0 aromatic rings. The number of hydrogen-bond acceptors (Lipinski definition) is 6. The maximum absolute atomic E-state index is 9.68. The molecule has 2 saturated heterocycles. The van der Waals surface area contributed by atoms with Gasteiger partial charge in [0.1, 0.15) is 50.6 Å². The van der Waals surface area contributed by atoms with E-state index in [9.17, 15) is 20.4 Å². The van der Waals surface area contributed by atoms with E-state index in [0.29, 0.717) is 35.1 Å². The van der Waals surface area contributed by atoms with Gasteiger partial charge in [0.05, 0.1) is 49.7 Å². The average Bonchev–Trinajstić information content (AvgIpc) is 2.80. The van der Waals surface area contributed by atoms with Crippen molar-refractivity contribution in [3.63, 3.8) is 0 Å². The number of alkyl halides is 4. The van der Waals surface area contributed by atoms with E-state index in [1.165, 1.54) is 0 Å². The van der Waals surface area contributed by atoms with E-state index >= 15 is 0 Å². The van der Waals surface area contributed by atoms with Crippen LogP contribution in [0.5, 0.6) is 0 Å². The predicted molar refractivity (Wildman–Crippen MR) is 132 cm³/mol. The molecule has 2 fully saturated rings. The molecule has 4 atom stereocenters. The SMILES string of the molecule is OC(CCl)C[N+]1(CC(O)CCl)CCNCC1.OC(CCl)C[N+]1(CC(O)CCl)CCNCC1.[Cl-].[Cl-]. The monoisotopic (exact) mass is 612 g/mol. The first-order valence-corrected chi connectivity index (χ1v) is 13.4. The van der Waals surface area contributed by atoms with Crippen molar-refractivity contribution in [2.45, 2.75) is 24.4 Å². The Hall–Kier alpha value is 1.42. The summed E-state index contributed by atoms with van der Waals surface area (Å²) in [4.78, 5) is 0. The highest BCUT2D eigenvalue weighted by Gasteiger charge is 2.35. The summed E-state index contributed by atoms with van der Waals surface area (Å²) in [5, 5.41) is 45.3. The smallest absolute Gasteiger partial charge is 0.116 e. The third-order valence-corrected chi connectivity index (χ3v) is 7.58. The first-order chi connectivity index (χ1) is 15.2. The third kappa shape index (κ3) is 14.4. The van der Waals surface area contributed by atoms with Gasteiger partial charge in [-0.15, -0.1) is 46.4 Å². The van der Waals surface area contributed by atoms with E-state index in [-0.39, 0.29) is 48.3 Å².